The van der Waals surface area contributed by atoms with Crippen LogP contribution < -0.4 is 10.6 Å². The fourth-order valence-electron chi connectivity index (χ4n) is 3.16. The molecule has 3 nitrogen and oxygen atoms in total. The first-order valence-corrected chi connectivity index (χ1v) is 7.19. The van der Waals surface area contributed by atoms with Crippen LogP contribution in [0.3, 0.4) is 0 Å². The van der Waals surface area contributed by atoms with Crippen LogP contribution in [0.1, 0.15) is 46.0 Å². The van der Waals surface area contributed by atoms with Crippen LogP contribution in [0.4, 0.5) is 0 Å². The maximum absolute atomic E-state index is 12.2. The molecule has 98 valence electrons. The molecule has 0 aromatic rings. The first kappa shape index (κ1) is 12.9. The van der Waals surface area contributed by atoms with Gasteiger partial charge in [0, 0.05) is 12.6 Å². The van der Waals surface area contributed by atoms with Gasteiger partial charge in [-0.05, 0) is 37.6 Å². The Bertz CT molecular complexity index is 261. The van der Waals surface area contributed by atoms with Crippen molar-refractivity contribution in [2.24, 2.45) is 17.8 Å². The van der Waals surface area contributed by atoms with Crippen LogP contribution in [0.2, 0.25) is 0 Å². The van der Waals surface area contributed by atoms with Gasteiger partial charge in [-0.1, -0.05) is 26.7 Å². The Morgan fingerprint density at radius 3 is 2.71 bits per heavy atom. The van der Waals surface area contributed by atoms with Crippen molar-refractivity contribution in [3.8, 4) is 0 Å². The molecule has 1 heterocycles. The Kier molecular flexibility index (Phi) is 4.43. The Morgan fingerprint density at radius 2 is 2.00 bits per heavy atom. The number of hydrogen-bond acceptors (Lipinski definition) is 2. The van der Waals surface area contributed by atoms with E-state index in [1.54, 1.807) is 0 Å². The molecule has 0 bridgehead atoms. The van der Waals surface area contributed by atoms with Gasteiger partial charge in [0.25, 0.3) is 0 Å². The summed E-state index contributed by atoms with van der Waals surface area (Å²) >= 11 is 0. The summed E-state index contributed by atoms with van der Waals surface area (Å²) in [5.41, 5.74) is 0. The lowest BCUT2D eigenvalue weighted by Gasteiger charge is -2.35. The quantitative estimate of drug-likeness (QED) is 0.772. The Labute approximate surface area is 105 Å². The fourth-order valence-corrected chi connectivity index (χ4v) is 3.16. The first-order valence-electron chi connectivity index (χ1n) is 7.19. The minimum absolute atomic E-state index is 0.202. The van der Waals surface area contributed by atoms with Gasteiger partial charge >= 0.3 is 0 Å². The van der Waals surface area contributed by atoms with Crippen LogP contribution in [0.25, 0.3) is 0 Å². The standard InChI is InChI=1S/C14H26N2O/c1-10-5-3-7-13(11(10)2)16-14(17)12-6-4-8-15-9-12/h10-13,15H,3-9H2,1-2H3,(H,16,17)/t10?,11?,12-,13?/m0/s1. The van der Waals surface area contributed by atoms with Crippen LogP contribution >= 0.6 is 0 Å². The second-order valence-electron chi connectivity index (χ2n) is 5.93. The molecule has 1 saturated carbocycles. The fraction of sp³-hybridized carbons (Fsp3) is 0.929. The van der Waals surface area contributed by atoms with Crippen molar-refractivity contribution in [1.82, 2.24) is 10.6 Å². The maximum Gasteiger partial charge on any atom is 0.224 e. The SMILES string of the molecule is CC1CCCC(NC(=O)[C@H]2CCCNC2)C1C. The summed E-state index contributed by atoms with van der Waals surface area (Å²) in [6.07, 6.45) is 5.93. The summed E-state index contributed by atoms with van der Waals surface area (Å²) in [6.45, 7) is 6.53. The minimum Gasteiger partial charge on any atom is -0.353 e. The van der Waals surface area contributed by atoms with Crippen molar-refractivity contribution in [2.75, 3.05) is 13.1 Å². The topological polar surface area (TPSA) is 41.1 Å². The highest BCUT2D eigenvalue weighted by molar-refractivity contribution is 5.79. The maximum atomic E-state index is 12.2. The number of piperidine rings is 1. The molecular weight excluding hydrogens is 212 g/mol. The van der Waals surface area contributed by atoms with E-state index in [4.69, 9.17) is 0 Å². The molecule has 3 unspecified atom stereocenters. The third kappa shape index (κ3) is 3.21. The second kappa shape index (κ2) is 5.85. The predicted molar refractivity (Wildman–Crippen MR) is 69.7 cm³/mol. The lowest BCUT2D eigenvalue weighted by atomic mass is 9.78. The monoisotopic (exact) mass is 238 g/mol. The Balaban J connectivity index is 1.84. The predicted octanol–water partition coefficient (Wildman–Crippen LogP) is 1.93. The van der Waals surface area contributed by atoms with Gasteiger partial charge in [0.1, 0.15) is 0 Å². The van der Waals surface area contributed by atoms with Gasteiger partial charge in [-0.2, -0.15) is 0 Å². The number of carbonyl (C=O) groups excluding carboxylic acids is 1. The van der Waals surface area contributed by atoms with Crippen molar-refractivity contribution < 1.29 is 4.79 Å². The molecule has 4 atom stereocenters. The first-order chi connectivity index (χ1) is 8.18. The lowest BCUT2D eigenvalue weighted by Crippen LogP contribution is -2.48. The molecular formula is C14H26N2O. The molecule has 0 spiro atoms. The number of nitrogens with one attached hydrogen (secondary N) is 2. The van der Waals surface area contributed by atoms with Crippen LogP contribution in [0.15, 0.2) is 0 Å². The Morgan fingerprint density at radius 1 is 1.18 bits per heavy atom. The highest BCUT2D eigenvalue weighted by Crippen LogP contribution is 2.29. The number of rotatable bonds is 2. The zero-order valence-corrected chi connectivity index (χ0v) is 11.2. The minimum atomic E-state index is 0.202. The van der Waals surface area contributed by atoms with Crippen LogP contribution in [0, 0.1) is 17.8 Å². The smallest absolute Gasteiger partial charge is 0.224 e. The summed E-state index contributed by atoms with van der Waals surface area (Å²) in [7, 11) is 0. The third-order valence-corrected chi connectivity index (χ3v) is 4.70. The van der Waals surface area contributed by atoms with Crippen molar-refractivity contribution in [3.05, 3.63) is 0 Å². The summed E-state index contributed by atoms with van der Waals surface area (Å²) in [4.78, 5) is 12.2. The summed E-state index contributed by atoms with van der Waals surface area (Å²) < 4.78 is 0. The highest BCUT2D eigenvalue weighted by Gasteiger charge is 2.30. The van der Waals surface area contributed by atoms with Crippen molar-refractivity contribution in [3.63, 3.8) is 0 Å². The summed E-state index contributed by atoms with van der Waals surface area (Å²) in [6, 6.07) is 0.410. The van der Waals surface area contributed by atoms with Crippen molar-refractivity contribution in [1.29, 1.82) is 0 Å². The number of amides is 1. The molecule has 2 fully saturated rings. The van der Waals surface area contributed by atoms with E-state index in [9.17, 15) is 4.79 Å². The largest absolute Gasteiger partial charge is 0.353 e. The molecule has 2 rings (SSSR count). The van der Waals surface area contributed by atoms with E-state index < -0.39 is 0 Å². The van der Waals surface area contributed by atoms with Gasteiger partial charge in [0.15, 0.2) is 0 Å². The number of carbonyl (C=O) groups is 1. The molecule has 0 radical (unpaired) electrons. The lowest BCUT2D eigenvalue weighted by molar-refractivity contribution is -0.127. The van der Waals surface area contributed by atoms with Gasteiger partial charge in [0.05, 0.1) is 5.92 Å². The van der Waals surface area contributed by atoms with E-state index in [-0.39, 0.29) is 11.8 Å². The van der Waals surface area contributed by atoms with E-state index in [0.717, 1.165) is 38.3 Å². The van der Waals surface area contributed by atoms with Crippen LogP contribution in [-0.4, -0.2) is 25.0 Å². The van der Waals surface area contributed by atoms with E-state index in [2.05, 4.69) is 24.5 Å². The van der Waals surface area contributed by atoms with Crippen molar-refractivity contribution >= 4 is 5.91 Å². The number of hydrogen-bond donors (Lipinski definition) is 2. The van der Waals surface area contributed by atoms with Gasteiger partial charge in [-0.3, -0.25) is 4.79 Å². The molecule has 1 aliphatic carbocycles. The third-order valence-electron chi connectivity index (χ3n) is 4.70. The molecule has 1 amide bonds. The molecule has 17 heavy (non-hydrogen) atoms. The zero-order valence-electron chi connectivity index (χ0n) is 11.2. The summed E-state index contributed by atoms with van der Waals surface area (Å²) in [5, 5.41) is 6.60. The molecule has 0 aromatic carbocycles. The average Bonchev–Trinajstić information content (AvgIpc) is 2.36. The van der Waals surface area contributed by atoms with Gasteiger partial charge in [0.2, 0.25) is 5.91 Å². The molecule has 3 heteroatoms. The molecule has 0 aromatic heterocycles. The van der Waals surface area contributed by atoms with Gasteiger partial charge < -0.3 is 10.6 Å². The molecule has 2 N–H and O–H groups in total. The van der Waals surface area contributed by atoms with Crippen LogP contribution in [-0.2, 0) is 4.79 Å². The molecule has 1 saturated heterocycles. The second-order valence-corrected chi connectivity index (χ2v) is 5.93. The van der Waals surface area contributed by atoms with Crippen LogP contribution in [0.5, 0.6) is 0 Å². The van der Waals surface area contributed by atoms with Gasteiger partial charge in [-0.25, -0.2) is 0 Å². The van der Waals surface area contributed by atoms with Gasteiger partial charge in [-0.15, -0.1) is 0 Å². The normalized spacial score (nSPS) is 38.7. The van der Waals surface area contributed by atoms with E-state index in [1.807, 2.05) is 0 Å². The Hall–Kier alpha value is -0.570. The van der Waals surface area contributed by atoms with E-state index >= 15 is 0 Å². The highest BCUT2D eigenvalue weighted by atomic mass is 16.2. The zero-order chi connectivity index (χ0) is 12.3. The molecule has 2 aliphatic rings. The van der Waals surface area contributed by atoms with E-state index in [1.165, 1.54) is 12.8 Å². The summed E-state index contributed by atoms with van der Waals surface area (Å²) in [5.74, 6) is 1.86. The molecule has 1 aliphatic heterocycles. The average molecular weight is 238 g/mol. The van der Waals surface area contributed by atoms with Crippen molar-refractivity contribution in [2.45, 2.75) is 52.0 Å². The van der Waals surface area contributed by atoms with E-state index in [0.29, 0.717) is 12.0 Å².